The molecule has 1 atom stereocenters. The molecule has 1 aromatic heterocycles. The highest BCUT2D eigenvalue weighted by Crippen LogP contribution is 2.24. The van der Waals surface area contributed by atoms with Crippen LogP contribution in [-0.2, 0) is 4.79 Å². The Kier molecular flexibility index (Phi) is 6.82. The summed E-state index contributed by atoms with van der Waals surface area (Å²) in [5.74, 6) is 3.12. The number of amides is 1. The number of aromatic nitrogens is 1. The van der Waals surface area contributed by atoms with E-state index in [4.69, 9.17) is 15.9 Å². The van der Waals surface area contributed by atoms with Crippen LogP contribution in [0.25, 0.3) is 10.9 Å². The fourth-order valence-corrected chi connectivity index (χ4v) is 2.92. The van der Waals surface area contributed by atoms with Crippen molar-refractivity contribution in [1.82, 2.24) is 10.4 Å². The molecule has 0 saturated carbocycles. The molecule has 3 rings (SSSR count). The summed E-state index contributed by atoms with van der Waals surface area (Å²) in [6.45, 7) is 1.78. The van der Waals surface area contributed by atoms with E-state index in [2.05, 4.69) is 37.4 Å². The highest BCUT2D eigenvalue weighted by Gasteiger charge is 2.15. The van der Waals surface area contributed by atoms with Gasteiger partial charge >= 0.3 is 0 Å². The predicted octanol–water partition coefficient (Wildman–Crippen LogP) is 3.93. The number of terminal acetylenes is 1. The first-order valence-corrected chi connectivity index (χ1v) is 9.57. The van der Waals surface area contributed by atoms with E-state index in [1.165, 1.54) is 6.21 Å². The number of rotatable bonds is 7. The molecule has 1 heterocycles. The average Bonchev–Trinajstić information content (AvgIpc) is 2.73. The molecule has 0 aliphatic heterocycles. The van der Waals surface area contributed by atoms with Crippen LogP contribution in [0.1, 0.15) is 12.5 Å². The first-order valence-electron chi connectivity index (χ1n) is 8.77. The molecule has 0 aliphatic rings. The molecule has 146 valence electrons. The quantitative estimate of drug-likeness (QED) is 0.335. The van der Waals surface area contributed by atoms with Crippen molar-refractivity contribution in [2.45, 2.75) is 13.0 Å². The molecule has 29 heavy (non-hydrogen) atoms. The van der Waals surface area contributed by atoms with Crippen molar-refractivity contribution in [3.05, 3.63) is 64.8 Å². The number of ether oxygens (including phenoxy) is 2. The van der Waals surface area contributed by atoms with Crippen LogP contribution in [0.4, 0.5) is 0 Å². The van der Waals surface area contributed by atoms with E-state index >= 15 is 0 Å². The minimum absolute atomic E-state index is 0.138. The van der Waals surface area contributed by atoms with Gasteiger partial charge in [0.15, 0.2) is 6.10 Å². The molecule has 0 fully saturated rings. The SMILES string of the molecule is C#CCOc1ccc(Br)cc1/C=N\NC(=O)[C@@H](C)Oc1cccc2cccnc12. The standard InChI is InChI=1S/C22H18BrN3O3/c1-3-12-28-19-10-9-18(23)13-17(19)14-25-26-22(27)15(2)29-20-8-4-6-16-7-5-11-24-21(16)20/h1,4-11,13-15H,12H2,2H3,(H,26,27)/b25-14-/t15-/m1/s1. The Bertz CT molecular complexity index is 1090. The van der Waals surface area contributed by atoms with Gasteiger partial charge in [-0.2, -0.15) is 5.10 Å². The van der Waals surface area contributed by atoms with Crippen LogP contribution in [0.3, 0.4) is 0 Å². The lowest BCUT2D eigenvalue weighted by atomic mass is 10.2. The summed E-state index contributed by atoms with van der Waals surface area (Å²) in [5, 5.41) is 4.94. The van der Waals surface area contributed by atoms with Gasteiger partial charge in [0.2, 0.25) is 0 Å². The summed E-state index contributed by atoms with van der Waals surface area (Å²) in [4.78, 5) is 16.7. The van der Waals surface area contributed by atoms with Gasteiger partial charge in [-0.3, -0.25) is 9.78 Å². The van der Waals surface area contributed by atoms with Crippen LogP contribution in [-0.4, -0.2) is 29.8 Å². The molecule has 0 spiro atoms. The van der Waals surface area contributed by atoms with Gasteiger partial charge in [0.05, 0.1) is 6.21 Å². The number of nitrogens with one attached hydrogen (secondary N) is 1. The molecular formula is C22H18BrN3O3. The van der Waals surface area contributed by atoms with Crippen molar-refractivity contribution in [2.24, 2.45) is 5.10 Å². The number of hydrogen-bond donors (Lipinski definition) is 1. The molecule has 1 amide bonds. The van der Waals surface area contributed by atoms with Crippen molar-refractivity contribution >= 4 is 39.0 Å². The highest BCUT2D eigenvalue weighted by molar-refractivity contribution is 9.10. The van der Waals surface area contributed by atoms with E-state index in [-0.39, 0.29) is 6.61 Å². The maximum atomic E-state index is 12.4. The number of carbonyl (C=O) groups excluding carboxylic acids is 1. The Morgan fingerprint density at radius 3 is 2.97 bits per heavy atom. The number of para-hydroxylation sites is 1. The van der Waals surface area contributed by atoms with Crippen LogP contribution in [0, 0.1) is 12.3 Å². The van der Waals surface area contributed by atoms with Gasteiger partial charge in [0.25, 0.3) is 5.91 Å². The van der Waals surface area contributed by atoms with Crippen molar-refractivity contribution in [1.29, 1.82) is 0 Å². The highest BCUT2D eigenvalue weighted by atomic mass is 79.9. The number of benzene rings is 2. The number of pyridine rings is 1. The lowest BCUT2D eigenvalue weighted by molar-refractivity contribution is -0.127. The maximum Gasteiger partial charge on any atom is 0.280 e. The van der Waals surface area contributed by atoms with Crippen LogP contribution in [0.2, 0.25) is 0 Å². The monoisotopic (exact) mass is 451 g/mol. The van der Waals surface area contributed by atoms with Gasteiger partial charge < -0.3 is 9.47 Å². The smallest absolute Gasteiger partial charge is 0.280 e. The third-order valence-corrected chi connectivity index (χ3v) is 4.42. The maximum absolute atomic E-state index is 12.4. The van der Waals surface area contributed by atoms with Gasteiger partial charge in [-0.1, -0.05) is 40.0 Å². The van der Waals surface area contributed by atoms with E-state index < -0.39 is 12.0 Å². The molecule has 2 aromatic carbocycles. The van der Waals surface area contributed by atoms with Crippen LogP contribution >= 0.6 is 15.9 Å². The Morgan fingerprint density at radius 1 is 1.31 bits per heavy atom. The van der Waals surface area contributed by atoms with E-state index in [1.54, 1.807) is 25.3 Å². The summed E-state index contributed by atoms with van der Waals surface area (Å²) >= 11 is 3.39. The van der Waals surface area contributed by atoms with E-state index in [0.717, 1.165) is 9.86 Å². The molecule has 6 nitrogen and oxygen atoms in total. The largest absolute Gasteiger partial charge is 0.480 e. The lowest BCUT2D eigenvalue weighted by Gasteiger charge is -2.14. The molecule has 1 N–H and O–H groups in total. The van der Waals surface area contributed by atoms with Crippen molar-refractivity contribution in [3.63, 3.8) is 0 Å². The molecule has 0 bridgehead atoms. The fourth-order valence-electron chi connectivity index (χ4n) is 2.54. The number of nitrogens with zero attached hydrogens (tertiary/aromatic N) is 2. The second-order valence-electron chi connectivity index (χ2n) is 6.00. The first-order chi connectivity index (χ1) is 14.1. The summed E-state index contributed by atoms with van der Waals surface area (Å²) in [6, 6.07) is 14.7. The fraction of sp³-hybridized carbons (Fsp3) is 0.136. The van der Waals surface area contributed by atoms with E-state index in [0.29, 0.717) is 22.6 Å². The minimum atomic E-state index is -0.764. The Hall–Kier alpha value is -3.37. The molecule has 7 heteroatoms. The Balaban J connectivity index is 1.66. The summed E-state index contributed by atoms with van der Waals surface area (Å²) in [6.07, 6.45) is 7.64. The summed E-state index contributed by atoms with van der Waals surface area (Å²) in [7, 11) is 0. The van der Waals surface area contributed by atoms with E-state index in [9.17, 15) is 4.79 Å². The summed E-state index contributed by atoms with van der Waals surface area (Å²) < 4.78 is 12.1. The number of halogens is 1. The van der Waals surface area contributed by atoms with Gasteiger partial charge in [-0.15, -0.1) is 6.42 Å². The normalized spacial score (nSPS) is 11.8. The zero-order valence-corrected chi connectivity index (χ0v) is 17.2. The Morgan fingerprint density at radius 2 is 2.14 bits per heavy atom. The van der Waals surface area contributed by atoms with Crippen LogP contribution < -0.4 is 14.9 Å². The van der Waals surface area contributed by atoms with Crippen molar-refractivity contribution < 1.29 is 14.3 Å². The number of fused-ring (bicyclic) bond motifs is 1. The first kappa shape index (κ1) is 20.4. The van der Waals surface area contributed by atoms with Gasteiger partial charge in [0, 0.05) is 21.6 Å². The zero-order valence-electron chi connectivity index (χ0n) is 15.6. The van der Waals surface area contributed by atoms with Gasteiger partial charge in [-0.25, -0.2) is 5.43 Å². The topological polar surface area (TPSA) is 72.8 Å². The van der Waals surface area contributed by atoms with Crippen molar-refractivity contribution in [3.8, 4) is 23.8 Å². The molecule has 0 saturated heterocycles. The second-order valence-corrected chi connectivity index (χ2v) is 6.92. The molecule has 0 radical (unpaired) electrons. The molecular weight excluding hydrogens is 434 g/mol. The lowest BCUT2D eigenvalue weighted by Crippen LogP contribution is -2.33. The van der Waals surface area contributed by atoms with E-state index in [1.807, 2.05) is 36.4 Å². The summed E-state index contributed by atoms with van der Waals surface area (Å²) in [5.41, 5.74) is 3.84. The molecule has 0 unspecified atom stereocenters. The average molecular weight is 452 g/mol. The minimum Gasteiger partial charge on any atom is -0.480 e. The van der Waals surface area contributed by atoms with Crippen LogP contribution in [0.15, 0.2) is 64.3 Å². The zero-order chi connectivity index (χ0) is 20.6. The second kappa shape index (κ2) is 9.71. The van der Waals surface area contributed by atoms with Crippen molar-refractivity contribution in [2.75, 3.05) is 6.61 Å². The van der Waals surface area contributed by atoms with Gasteiger partial charge in [-0.05, 0) is 37.3 Å². The number of carbonyl (C=O) groups is 1. The number of hydrogen-bond acceptors (Lipinski definition) is 5. The van der Waals surface area contributed by atoms with Crippen LogP contribution in [0.5, 0.6) is 11.5 Å². The third-order valence-electron chi connectivity index (χ3n) is 3.93. The number of hydrazone groups is 1. The predicted molar refractivity (Wildman–Crippen MR) is 116 cm³/mol. The molecule has 3 aromatic rings. The van der Waals surface area contributed by atoms with Gasteiger partial charge in [0.1, 0.15) is 23.6 Å². The Labute approximate surface area is 177 Å². The third kappa shape index (κ3) is 5.33. The molecule has 0 aliphatic carbocycles.